The average Bonchev–Trinajstić information content (AvgIpc) is 2.86. The first-order chi connectivity index (χ1) is 10.0. The van der Waals surface area contributed by atoms with E-state index in [-0.39, 0.29) is 5.91 Å². The molecule has 1 heterocycles. The molecule has 0 fully saturated rings. The predicted octanol–water partition coefficient (Wildman–Crippen LogP) is 2.97. The van der Waals surface area contributed by atoms with E-state index in [2.05, 4.69) is 5.10 Å². The molecule has 0 aliphatic carbocycles. The fourth-order valence-electron chi connectivity index (χ4n) is 1.86. The van der Waals surface area contributed by atoms with Gasteiger partial charge in [0.2, 0.25) is 5.91 Å². The van der Waals surface area contributed by atoms with Crippen molar-refractivity contribution < 1.29 is 4.79 Å². The number of nitrogens with zero attached hydrogens (tertiary/aromatic N) is 3. The lowest BCUT2D eigenvalue weighted by Crippen LogP contribution is -2.27. The number of rotatable bonds is 6. The van der Waals surface area contributed by atoms with Crippen LogP contribution in [0.15, 0.2) is 36.7 Å². The van der Waals surface area contributed by atoms with Crippen LogP contribution in [0.3, 0.4) is 0 Å². The summed E-state index contributed by atoms with van der Waals surface area (Å²) in [4.78, 5) is 13.8. The summed E-state index contributed by atoms with van der Waals surface area (Å²) < 4.78 is 1.74. The van der Waals surface area contributed by atoms with Crippen LogP contribution in [0.2, 0.25) is 5.02 Å². The second-order valence-electron chi connectivity index (χ2n) is 4.89. The number of hydrogen-bond acceptors (Lipinski definition) is 3. The first-order valence-corrected chi connectivity index (χ1v) is 8.11. The molecule has 1 aromatic heterocycles. The van der Waals surface area contributed by atoms with Crippen LogP contribution in [-0.4, -0.2) is 33.4 Å². The molecule has 0 atom stereocenters. The Kier molecular flexibility index (Phi) is 5.70. The molecule has 0 aliphatic heterocycles. The van der Waals surface area contributed by atoms with Gasteiger partial charge in [-0.15, -0.1) is 11.8 Å². The third kappa shape index (κ3) is 5.10. The lowest BCUT2D eigenvalue weighted by molar-refractivity contribution is -0.127. The predicted molar refractivity (Wildman–Crippen MR) is 87.3 cm³/mol. The number of aryl methyl sites for hydroxylation is 1. The molecule has 0 aliphatic rings. The van der Waals surface area contributed by atoms with Gasteiger partial charge in [0.15, 0.2) is 0 Å². The van der Waals surface area contributed by atoms with Crippen LogP contribution < -0.4 is 0 Å². The molecule has 0 saturated carbocycles. The van der Waals surface area contributed by atoms with Crippen molar-refractivity contribution in [2.24, 2.45) is 7.05 Å². The van der Waals surface area contributed by atoms with Crippen molar-refractivity contribution in [1.29, 1.82) is 0 Å². The van der Waals surface area contributed by atoms with E-state index in [1.807, 2.05) is 44.6 Å². The average molecular weight is 324 g/mol. The van der Waals surface area contributed by atoms with Crippen LogP contribution in [0.5, 0.6) is 0 Å². The molecule has 0 bridgehead atoms. The van der Waals surface area contributed by atoms with Crippen molar-refractivity contribution in [2.75, 3.05) is 12.8 Å². The summed E-state index contributed by atoms with van der Waals surface area (Å²) in [5, 5.41) is 4.83. The van der Waals surface area contributed by atoms with Gasteiger partial charge in [-0.25, -0.2) is 0 Å². The molecule has 0 unspecified atom stereocenters. The molecule has 4 nitrogen and oxygen atoms in total. The number of halogens is 1. The Balaban J connectivity index is 1.74. The van der Waals surface area contributed by atoms with Gasteiger partial charge in [-0.2, -0.15) is 5.10 Å². The molecule has 0 spiro atoms. The number of carbonyl (C=O) groups excluding carboxylic acids is 1. The number of thioether (sulfide) groups is 1. The van der Waals surface area contributed by atoms with Gasteiger partial charge in [-0.3, -0.25) is 9.48 Å². The largest absolute Gasteiger partial charge is 0.341 e. The van der Waals surface area contributed by atoms with Crippen molar-refractivity contribution in [1.82, 2.24) is 14.7 Å². The molecular formula is C15H18ClN3OS. The highest BCUT2D eigenvalue weighted by molar-refractivity contribution is 7.99. The van der Waals surface area contributed by atoms with Crippen molar-refractivity contribution in [2.45, 2.75) is 12.3 Å². The van der Waals surface area contributed by atoms with E-state index in [1.54, 1.807) is 27.5 Å². The monoisotopic (exact) mass is 323 g/mol. The quantitative estimate of drug-likeness (QED) is 0.820. The standard InChI is InChI=1S/C15H18ClN3OS/c1-18(8-13-7-17-19(2)9-13)15(20)11-21-10-12-3-5-14(16)6-4-12/h3-7,9H,8,10-11H2,1-2H3. The van der Waals surface area contributed by atoms with E-state index in [1.165, 1.54) is 5.56 Å². The van der Waals surface area contributed by atoms with Crippen molar-refractivity contribution in [3.05, 3.63) is 52.8 Å². The summed E-state index contributed by atoms with van der Waals surface area (Å²) in [6.07, 6.45) is 3.70. The second-order valence-corrected chi connectivity index (χ2v) is 6.31. The maximum Gasteiger partial charge on any atom is 0.232 e. The minimum absolute atomic E-state index is 0.123. The summed E-state index contributed by atoms with van der Waals surface area (Å²) >= 11 is 7.45. The second kappa shape index (κ2) is 7.52. The zero-order valence-electron chi connectivity index (χ0n) is 12.1. The fourth-order valence-corrected chi connectivity index (χ4v) is 2.91. The van der Waals surface area contributed by atoms with Crippen LogP contribution in [0, 0.1) is 0 Å². The summed E-state index contributed by atoms with van der Waals surface area (Å²) in [6, 6.07) is 7.71. The number of hydrogen-bond donors (Lipinski definition) is 0. The molecule has 21 heavy (non-hydrogen) atoms. The first kappa shape index (κ1) is 15.9. The molecule has 0 N–H and O–H groups in total. The third-order valence-electron chi connectivity index (χ3n) is 3.01. The molecule has 1 aromatic carbocycles. The Bertz CT molecular complexity index is 597. The third-order valence-corrected chi connectivity index (χ3v) is 4.25. The lowest BCUT2D eigenvalue weighted by atomic mass is 10.2. The van der Waals surface area contributed by atoms with Crippen LogP contribution in [-0.2, 0) is 24.1 Å². The van der Waals surface area contributed by atoms with E-state index < -0.39 is 0 Å². The normalized spacial score (nSPS) is 10.6. The van der Waals surface area contributed by atoms with Crippen LogP contribution in [0.25, 0.3) is 0 Å². The summed E-state index contributed by atoms with van der Waals surface area (Å²) in [5.74, 6) is 1.40. The van der Waals surface area contributed by atoms with Crippen molar-refractivity contribution >= 4 is 29.3 Å². The molecule has 0 radical (unpaired) electrons. The number of amides is 1. The minimum Gasteiger partial charge on any atom is -0.341 e. The van der Waals surface area contributed by atoms with Crippen LogP contribution >= 0.6 is 23.4 Å². The van der Waals surface area contributed by atoms with E-state index in [9.17, 15) is 4.79 Å². The molecule has 112 valence electrons. The molecule has 6 heteroatoms. The summed E-state index contributed by atoms with van der Waals surface area (Å²) in [6.45, 7) is 0.591. The van der Waals surface area contributed by atoms with Gasteiger partial charge in [-0.05, 0) is 17.7 Å². The summed E-state index contributed by atoms with van der Waals surface area (Å²) in [5.41, 5.74) is 2.21. The Labute approximate surface area is 134 Å². The molecular weight excluding hydrogens is 306 g/mol. The fraction of sp³-hybridized carbons (Fsp3) is 0.333. The zero-order valence-corrected chi connectivity index (χ0v) is 13.7. The van der Waals surface area contributed by atoms with Gasteiger partial charge >= 0.3 is 0 Å². The van der Waals surface area contributed by atoms with Gasteiger partial charge in [0.25, 0.3) is 0 Å². The number of benzene rings is 1. The maximum absolute atomic E-state index is 12.1. The van der Waals surface area contributed by atoms with E-state index in [0.717, 1.165) is 16.3 Å². The molecule has 2 rings (SSSR count). The van der Waals surface area contributed by atoms with Gasteiger partial charge < -0.3 is 4.90 Å². The Morgan fingerprint density at radius 1 is 1.33 bits per heavy atom. The van der Waals surface area contributed by atoms with Gasteiger partial charge in [0, 0.05) is 43.2 Å². The van der Waals surface area contributed by atoms with Crippen LogP contribution in [0.1, 0.15) is 11.1 Å². The highest BCUT2D eigenvalue weighted by atomic mass is 35.5. The minimum atomic E-state index is 0.123. The van der Waals surface area contributed by atoms with E-state index >= 15 is 0 Å². The molecule has 0 saturated heterocycles. The Hall–Kier alpha value is -1.46. The van der Waals surface area contributed by atoms with Crippen molar-refractivity contribution in [3.63, 3.8) is 0 Å². The van der Waals surface area contributed by atoms with Crippen molar-refractivity contribution in [3.8, 4) is 0 Å². The Morgan fingerprint density at radius 2 is 2.05 bits per heavy atom. The molecule has 2 aromatic rings. The van der Waals surface area contributed by atoms with Gasteiger partial charge in [-0.1, -0.05) is 23.7 Å². The van der Waals surface area contributed by atoms with E-state index in [4.69, 9.17) is 11.6 Å². The number of carbonyl (C=O) groups is 1. The topological polar surface area (TPSA) is 38.1 Å². The van der Waals surface area contributed by atoms with Crippen LogP contribution in [0.4, 0.5) is 0 Å². The van der Waals surface area contributed by atoms with Gasteiger partial charge in [0.05, 0.1) is 11.9 Å². The number of aromatic nitrogens is 2. The maximum atomic E-state index is 12.1. The zero-order chi connectivity index (χ0) is 15.2. The Morgan fingerprint density at radius 3 is 2.67 bits per heavy atom. The van der Waals surface area contributed by atoms with E-state index in [0.29, 0.717) is 12.3 Å². The highest BCUT2D eigenvalue weighted by Gasteiger charge is 2.10. The molecule has 1 amide bonds. The first-order valence-electron chi connectivity index (χ1n) is 6.58. The smallest absolute Gasteiger partial charge is 0.232 e. The van der Waals surface area contributed by atoms with Gasteiger partial charge in [0.1, 0.15) is 0 Å². The SMILES string of the molecule is CN(Cc1cnn(C)c1)C(=O)CSCc1ccc(Cl)cc1. The highest BCUT2D eigenvalue weighted by Crippen LogP contribution is 2.16. The summed E-state index contributed by atoms with van der Waals surface area (Å²) in [7, 11) is 3.69. The lowest BCUT2D eigenvalue weighted by Gasteiger charge is -2.15.